The lowest BCUT2D eigenvalue weighted by molar-refractivity contribution is -0.157. The molecule has 1 saturated heterocycles. The zero-order valence-electron chi connectivity index (χ0n) is 14.3. The lowest BCUT2D eigenvalue weighted by Crippen LogP contribution is -2.51. The molecule has 23 heavy (non-hydrogen) atoms. The minimum Gasteiger partial charge on any atom is -0.466 e. The topological polar surface area (TPSA) is 66.9 Å². The highest BCUT2D eigenvalue weighted by molar-refractivity contribution is 6.34. The second-order valence-corrected chi connectivity index (χ2v) is 6.55. The van der Waals surface area contributed by atoms with Crippen molar-refractivity contribution in [2.24, 2.45) is 5.92 Å². The van der Waals surface area contributed by atoms with Crippen molar-refractivity contribution in [1.29, 1.82) is 0 Å². The van der Waals surface area contributed by atoms with E-state index in [1.807, 2.05) is 0 Å². The molecule has 0 bridgehead atoms. The van der Waals surface area contributed by atoms with Crippen LogP contribution in [-0.2, 0) is 19.1 Å². The van der Waals surface area contributed by atoms with Crippen LogP contribution in [0, 0.1) is 5.92 Å². The van der Waals surface area contributed by atoms with E-state index < -0.39 is 11.8 Å². The first-order chi connectivity index (χ1) is 11.0. The molecular weight excluding hydrogens is 296 g/mol. The molecule has 2 amide bonds. The standard InChI is InChI=1S/C17H28N2O4/c1-3-23-17(22)13-8-7-11-19(12-13)16(21)15(20)18(2)14-9-5-4-6-10-14/h13-14H,3-12H2,1-2H3. The molecule has 1 aliphatic heterocycles. The fourth-order valence-electron chi connectivity index (χ4n) is 3.53. The van der Waals surface area contributed by atoms with Crippen LogP contribution in [0.4, 0.5) is 0 Å². The van der Waals surface area contributed by atoms with E-state index in [1.54, 1.807) is 18.9 Å². The van der Waals surface area contributed by atoms with Crippen molar-refractivity contribution >= 4 is 17.8 Å². The fraction of sp³-hybridized carbons (Fsp3) is 0.824. The first kappa shape index (κ1) is 17.8. The van der Waals surface area contributed by atoms with E-state index in [4.69, 9.17) is 4.74 Å². The molecular formula is C17H28N2O4. The monoisotopic (exact) mass is 324 g/mol. The highest BCUT2D eigenvalue weighted by atomic mass is 16.5. The van der Waals surface area contributed by atoms with E-state index in [0.29, 0.717) is 19.7 Å². The molecule has 0 aromatic heterocycles. The van der Waals surface area contributed by atoms with Crippen LogP contribution in [0.3, 0.4) is 0 Å². The van der Waals surface area contributed by atoms with E-state index in [2.05, 4.69) is 0 Å². The van der Waals surface area contributed by atoms with E-state index in [-0.39, 0.29) is 17.9 Å². The van der Waals surface area contributed by atoms with Gasteiger partial charge in [-0.1, -0.05) is 19.3 Å². The van der Waals surface area contributed by atoms with Gasteiger partial charge < -0.3 is 14.5 Å². The van der Waals surface area contributed by atoms with Crippen molar-refractivity contribution in [3.63, 3.8) is 0 Å². The summed E-state index contributed by atoms with van der Waals surface area (Å²) in [6.07, 6.45) is 6.84. The summed E-state index contributed by atoms with van der Waals surface area (Å²) in [6.45, 7) is 2.94. The maximum Gasteiger partial charge on any atom is 0.312 e. The Balaban J connectivity index is 1.92. The summed E-state index contributed by atoms with van der Waals surface area (Å²) < 4.78 is 5.04. The lowest BCUT2D eigenvalue weighted by Gasteiger charge is -2.35. The van der Waals surface area contributed by atoms with Crippen LogP contribution in [0.5, 0.6) is 0 Å². The van der Waals surface area contributed by atoms with E-state index >= 15 is 0 Å². The minimum absolute atomic E-state index is 0.172. The van der Waals surface area contributed by atoms with Crippen molar-refractivity contribution in [3.8, 4) is 0 Å². The first-order valence-electron chi connectivity index (χ1n) is 8.77. The molecule has 2 fully saturated rings. The van der Waals surface area contributed by atoms with Gasteiger partial charge in [-0.3, -0.25) is 14.4 Å². The summed E-state index contributed by atoms with van der Waals surface area (Å²) in [7, 11) is 1.73. The second-order valence-electron chi connectivity index (χ2n) is 6.55. The number of amides is 2. The summed E-state index contributed by atoms with van der Waals surface area (Å²) in [4.78, 5) is 39.9. The number of ether oxygens (including phenoxy) is 1. The number of likely N-dealkylation sites (N-methyl/N-ethyl adjacent to an activating group) is 1. The third-order valence-electron chi connectivity index (χ3n) is 4.95. The number of nitrogens with zero attached hydrogens (tertiary/aromatic N) is 2. The Morgan fingerprint density at radius 1 is 1.09 bits per heavy atom. The molecule has 1 saturated carbocycles. The van der Waals surface area contributed by atoms with Crippen molar-refractivity contribution in [2.75, 3.05) is 26.7 Å². The van der Waals surface area contributed by atoms with E-state index in [1.165, 1.54) is 11.3 Å². The van der Waals surface area contributed by atoms with Crippen LogP contribution >= 0.6 is 0 Å². The van der Waals surface area contributed by atoms with Crippen LogP contribution in [0.1, 0.15) is 51.9 Å². The lowest BCUT2D eigenvalue weighted by atomic mass is 9.94. The van der Waals surface area contributed by atoms with Gasteiger partial charge in [0.15, 0.2) is 0 Å². The third-order valence-corrected chi connectivity index (χ3v) is 4.95. The molecule has 2 rings (SSSR count). The Morgan fingerprint density at radius 3 is 2.43 bits per heavy atom. The Hall–Kier alpha value is -1.59. The highest BCUT2D eigenvalue weighted by Crippen LogP contribution is 2.23. The normalized spacial score (nSPS) is 22.5. The van der Waals surface area contributed by atoms with Crippen molar-refractivity contribution in [1.82, 2.24) is 9.80 Å². The predicted octanol–water partition coefficient (Wildman–Crippen LogP) is 1.58. The molecule has 6 heteroatoms. The van der Waals surface area contributed by atoms with E-state index in [9.17, 15) is 14.4 Å². The van der Waals surface area contributed by atoms with Gasteiger partial charge in [0.2, 0.25) is 0 Å². The molecule has 0 spiro atoms. The molecule has 1 atom stereocenters. The minimum atomic E-state index is -0.480. The summed E-state index contributed by atoms with van der Waals surface area (Å²) in [5.41, 5.74) is 0. The molecule has 0 N–H and O–H groups in total. The average molecular weight is 324 g/mol. The van der Waals surface area contributed by atoms with Crippen LogP contribution in [-0.4, -0.2) is 60.4 Å². The van der Waals surface area contributed by atoms with Gasteiger partial charge in [0.05, 0.1) is 12.5 Å². The largest absolute Gasteiger partial charge is 0.466 e. The summed E-state index contributed by atoms with van der Waals surface area (Å²) in [5.74, 6) is -1.49. The Labute approximate surface area is 138 Å². The van der Waals surface area contributed by atoms with Gasteiger partial charge in [-0.15, -0.1) is 0 Å². The SMILES string of the molecule is CCOC(=O)C1CCCN(C(=O)C(=O)N(C)C2CCCCC2)C1. The smallest absolute Gasteiger partial charge is 0.312 e. The average Bonchev–Trinajstić information content (AvgIpc) is 2.61. The van der Waals surface area contributed by atoms with Crippen LogP contribution in [0.2, 0.25) is 0 Å². The number of rotatable bonds is 3. The molecule has 130 valence electrons. The number of likely N-dealkylation sites (tertiary alicyclic amines) is 1. The summed E-state index contributed by atoms with van der Waals surface area (Å²) in [5, 5.41) is 0. The summed E-state index contributed by atoms with van der Waals surface area (Å²) in [6, 6.07) is 0.172. The van der Waals surface area contributed by atoms with Crippen molar-refractivity contribution in [3.05, 3.63) is 0 Å². The molecule has 0 aromatic rings. The van der Waals surface area contributed by atoms with Gasteiger partial charge >= 0.3 is 17.8 Å². The molecule has 6 nitrogen and oxygen atoms in total. The number of esters is 1. The fourth-order valence-corrected chi connectivity index (χ4v) is 3.53. The molecule has 0 aromatic carbocycles. The first-order valence-corrected chi connectivity index (χ1v) is 8.77. The zero-order valence-corrected chi connectivity index (χ0v) is 14.3. The van der Waals surface area contributed by atoms with E-state index in [0.717, 1.165) is 38.5 Å². The molecule has 1 aliphatic carbocycles. The number of hydrogen-bond donors (Lipinski definition) is 0. The maximum atomic E-state index is 12.5. The van der Waals surface area contributed by atoms with Gasteiger partial charge in [-0.25, -0.2) is 0 Å². The van der Waals surface area contributed by atoms with Crippen molar-refractivity contribution < 1.29 is 19.1 Å². The third kappa shape index (κ3) is 4.45. The molecule has 2 aliphatic rings. The Kier molecular flexibility index (Phi) is 6.42. The van der Waals surface area contributed by atoms with Crippen LogP contribution in [0.15, 0.2) is 0 Å². The van der Waals surface area contributed by atoms with Crippen LogP contribution < -0.4 is 0 Å². The molecule has 0 radical (unpaired) electrons. The summed E-state index contributed by atoms with van der Waals surface area (Å²) >= 11 is 0. The van der Waals surface area contributed by atoms with Gasteiger partial charge in [-0.2, -0.15) is 0 Å². The molecule has 1 heterocycles. The second kappa shape index (κ2) is 8.31. The number of carbonyl (C=O) groups excluding carboxylic acids is 3. The van der Waals surface area contributed by atoms with Gasteiger partial charge in [0, 0.05) is 26.2 Å². The van der Waals surface area contributed by atoms with Gasteiger partial charge in [-0.05, 0) is 32.6 Å². The van der Waals surface area contributed by atoms with Crippen molar-refractivity contribution in [2.45, 2.75) is 57.9 Å². The number of hydrogen-bond acceptors (Lipinski definition) is 4. The quantitative estimate of drug-likeness (QED) is 0.584. The zero-order chi connectivity index (χ0) is 16.8. The number of piperidine rings is 1. The predicted molar refractivity (Wildman–Crippen MR) is 85.6 cm³/mol. The van der Waals surface area contributed by atoms with Gasteiger partial charge in [0.25, 0.3) is 0 Å². The molecule has 1 unspecified atom stereocenters. The number of carbonyl (C=O) groups is 3. The van der Waals surface area contributed by atoms with Crippen LogP contribution in [0.25, 0.3) is 0 Å². The van der Waals surface area contributed by atoms with Gasteiger partial charge in [0.1, 0.15) is 0 Å². The highest BCUT2D eigenvalue weighted by Gasteiger charge is 2.34. The Morgan fingerprint density at radius 2 is 1.78 bits per heavy atom. The maximum absolute atomic E-state index is 12.5. The Bertz CT molecular complexity index is 446.